The summed E-state index contributed by atoms with van der Waals surface area (Å²) in [6.07, 6.45) is -0.651. The average molecular weight is 360 g/mol. The number of carbonyl (C=O) groups is 2. The summed E-state index contributed by atoms with van der Waals surface area (Å²) in [5.41, 5.74) is 0. The second-order valence-corrected chi connectivity index (χ2v) is 6.50. The van der Waals surface area contributed by atoms with E-state index in [1.807, 2.05) is 24.3 Å². The van der Waals surface area contributed by atoms with Crippen LogP contribution in [0.25, 0.3) is 0 Å². The van der Waals surface area contributed by atoms with Crippen LogP contribution in [0.1, 0.15) is 6.42 Å². The first-order valence-electron chi connectivity index (χ1n) is 6.06. The van der Waals surface area contributed by atoms with Gasteiger partial charge in [0.2, 0.25) is 5.91 Å². The molecule has 1 saturated heterocycles. The van der Waals surface area contributed by atoms with Gasteiger partial charge in [-0.15, -0.1) is 11.8 Å². The predicted octanol–water partition coefficient (Wildman–Crippen LogP) is 1.59. The van der Waals surface area contributed by atoms with E-state index in [-0.39, 0.29) is 24.6 Å². The lowest BCUT2D eigenvalue weighted by Gasteiger charge is -2.20. The van der Waals surface area contributed by atoms with E-state index in [0.717, 1.165) is 9.37 Å². The lowest BCUT2D eigenvalue weighted by Crippen LogP contribution is -2.41. The number of halogens is 1. The molecule has 0 aliphatic carbocycles. The van der Waals surface area contributed by atoms with Crippen LogP contribution in [-0.2, 0) is 9.59 Å². The monoisotopic (exact) mass is 359 g/mol. The van der Waals surface area contributed by atoms with Gasteiger partial charge in [0, 0.05) is 22.3 Å². The Morgan fingerprint density at radius 2 is 2.00 bits per heavy atom. The summed E-state index contributed by atoms with van der Waals surface area (Å²) in [6.45, 7) is 0.0939. The van der Waals surface area contributed by atoms with Crippen molar-refractivity contribution in [2.75, 3.05) is 12.3 Å². The number of carbonyl (C=O) groups excluding carboxylic acids is 1. The summed E-state index contributed by atoms with van der Waals surface area (Å²) in [5.74, 6) is -1.16. The zero-order valence-corrected chi connectivity index (χ0v) is 12.9. The number of β-amino-alcohol motifs (C(OH)–C–C–N with tert-alkyl or cyclic N) is 1. The third-order valence-electron chi connectivity index (χ3n) is 3.06. The van der Waals surface area contributed by atoms with Gasteiger partial charge in [0.1, 0.15) is 6.04 Å². The van der Waals surface area contributed by atoms with E-state index in [1.54, 1.807) is 0 Å². The topological polar surface area (TPSA) is 77.8 Å². The van der Waals surface area contributed by atoms with Gasteiger partial charge in [-0.05, 0) is 24.3 Å². The third kappa shape index (κ3) is 3.74. The van der Waals surface area contributed by atoms with Crippen LogP contribution in [0.4, 0.5) is 0 Å². The first-order chi connectivity index (χ1) is 9.47. The molecule has 7 heteroatoms. The number of hydrogen-bond donors (Lipinski definition) is 2. The van der Waals surface area contributed by atoms with Crippen LogP contribution in [-0.4, -0.2) is 51.4 Å². The van der Waals surface area contributed by atoms with E-state index < -0.39 is 18.1 Å². The van der Waals surface area contributed by atoms with E-state index in [1.165, 1.54) is 16.7 Å². The van der Waals surface area contributed by atoms with Gasteiger partial charge in [0.25, 0.3) is 0 Å². The minimum atomic E-state index is -1.07. The number of carboxylic acids is 1. The van der Waals surface area contributed by atoms with Crippen molar-refractivity contribution < 1.29 is 19.8 Å². The summed E-state index contributed by atoms with van der Waals surface area (Å²) >= 11 is 4.68. The van der Waals surface area contributed by atoms with Crippen LogP contribution in [0.15, 0.2) is 33.6 Å². The number of nitrogens with zero attached hydrogens (tertiary/aromatic N) is 1. The SMILES string of the molecule is O=C(O)[C@@H]1CC(O)CN1C(=O)CSc1ccc(Br)cc1. The number of amides is 1. The zero-order chi connectivity index (χ0) is 14.7. The van der Waals surface area contributed by atoms with Crippen LogP contribution in [0.5, 0.6) is 0 Å². The molecule has 0 spiro atoms. The molecule has 1 aromatic carbocycles. The summed E-state index contributed by atoms with van der Waals surface area (Å²) in [5, 5.41) is 18.6. The van der Waals surface area contributed by atoms with Crippen molar-refractivity contribution in [3.8, 4) is 0 Å². The number of aliphatic carboxylic acids is 1. The number of aliphatic hydroxyl groups is 1. The molecule has 1 aliphatic rings. The van der Waals surface area contributed by atoms with Crippen LogP contribution in [0, 0.1) is 0 Å². The number of carboxylic acid groups (broad SMARTS) is 1. The normalized spacial score (nSPS) is 22.0. The van der Waals surface area contributed by atoms with E-state index in [4.69, 9.17) is 5.11 Å². The van der Waals surface area contributed by atoms with Crippen molar-refractivity contribution in [2.45, 2.75) is 23.5 Å². The van der Waals surface area contributed by atoms with E-state index in [0.29, 0.717) is 0 Å². The zero-order valence-electron chi connectivity index (χ0n) is 10.5. The van der Waals surface area contributed by atoms with Crippen molar-refractivity contribution in [1.29, 1.82) is 0 Å². The molecule has 2 N–H and O–H groups in total. The maximum Gasteiger partial charge on any atom is 0.326 e. The molecule has 1 aromatic rings. The molecule has 0 aromatic heterocycles. The van der Waals surface area contributed by atoms with Gasteiger partial charge in [0.05, 0.1) is 11.9 Å². The van der Waals surface area contributed by atoms with E-state index in [9.17, 15) is 14.7 Å². The van der Waals surface area contributed by atoms with Crippen LogP contribution in [0.2, 0.25) is 0 Å². The maximum absolute atomic E-state index is 12.1. The van der Waals surface area contributed by atoms with Gasteiger partial charge in [-0.25, -0.2) is 4.79 Å². The Labute approximate surface area is 129 Å². The fourth-order valence-electron chi connectivity index (χ4n) is 2.08. The van der Waals surface area contributed by atoms with Crippen molar-refractivity contribution in [3.05, 3.63) is 28.7 Å². The molecule has 2 atom stereocenters. The molecule has 1 fully saturated rings. The number of hydrogen-bond acceptors (Lipinski definition) is 4. The first kappa shape index (κ1) is 15.3. The van der Waals surface area contributed by atoms with Crippen molar-refractivity contribution >= 4 is 39.6 Å². The second kappa shape index (κ2) is 6.60. The van der Waals surface area contributed by atoms with Gasteiger partial charge < -0.3 is 15.1 Å². The number of likely N-dealkylation sites (tertiary alicyclic amines) is 1. The molecule has 1 aliphatic heterocycles. The fraction of sp³-hybridized carbons (Fsp3) is 0.385. The van der Waals surface area contributed by atoms with Gasteiger partial charge in [0.15, 0.2) is 0 Å². The van der Waals surface area contributed by atoms with Gasteiger partial charge in [-0.3, -0.25) is 4.79 Å². The molecule has 0 radical (unpaired) electrons. The second-order valence-electron chi connectivity index (χ2n) is 4.53. The Kier molecular flexibility index (Phi) is 5.06. The Morgan fingerprint density at radius 1 is 1.35 bits per heavy atom. The minimum absolute atomic E-state index is 0.0939. The molecular weight excluding hydrogens is 346 g/mol. The van der Waals surface area contributed by atoms with Crippen molar-refractivity contribution in [1.82, 2.24) is 4.90 Å². The van der Waals surface area contributed by atoms with Gasteiger partial charge >= 0.3 is 5.97 Å². The summed E-state index contributed by atoms with van der Waals surface area (Å²) in [6, 6.07) is 6.62. The summed E-state index contributed by atoms with van der Waals surface area (Å²) in [7, 11) is 0. The van der Waals surface area contributed by atoms with Crippen LogP contribution < -0.4 is 0 Å². The van der Waals surface area contributed by atoms with Gasteiger partial charge in [-0.2, -0.15) is 0 Å². The predicted molar refractivity (Wildman–Crippen MR) is 78.6 cm³/mol. The largest absolute Gasteiger partial charge is 0.480 e. The van der Waals surface area contributed by atoms with Crippen LogP contribution in [0.3, 0.4) is 0 Å². The van der Waals surface area contributed by atoms with Crippen molar-refractivity contribution in [2.24, 2.45) is 0 Å². The minimum Gasteiger partial charge on any atom is -0.480 e. The van der Waals surface area contributed by atoms with E-state index >= 15 is 0 Å². The Morgan fingerprint density at radius 3 is 2.60 bits per heavy atom. The quantitative estimate of drug-likeness (QED) is 0.798. The molecular formula is C13H14BrNO4S. The molecule has 20 heavy (non-hydrogen) atoms. The lowest BCUT2D eigenvalue weighted by molar-refractivity contribution is -0.147. The Bertz CT molecular complexity index is 508. The number of benzene rings is 1. The highest BCUT2D eigenvalue weighted by atomic mass is 79.9. The lowest BCUT2D eigenvalue weighted by atomic mass is 10.2. The number of aliphatic hydroxyl groups excluding tert-OH is 1. The molecule has 0 bridgehead atoms. The van der Waals surface area contributed by atoms with Crippen molar-refractivity contribution in [3.63, 3.8) is 0 Å². The molecule has 0 saturated carbocycles. The molecule has 5 nitrogen and oxygen atoms in total. The third-order valence-corrected chi connectivity index (χ3v) is 4.59. The molecule has 1 amide bonds. The van der Waals surface area contributed by atoms with Gasteiger partial charge in [-0.1, -0.05) is 15.9 Å². The highest BCUT2D eigenvalue weighted by Crippen LogP contribution is 2.24. The standard InChI is InChI=1S/C13H14BrNO4S/c14-8-1-3-10(4-2-8)20-7-12(17)15-6-9(16)5-11(15)13(18)19/h1-4,9,11,16H,5-7H2,(H,18,19)/t9?,11-/m0/s1. The highest BCUT2D eigenvalue weighted by molar-refractivity contribution is 9.10. The molecule has 1 unspecified atom stereocenters. The summed E-state index contributed by atoms with van der Waals surface area (Å²) < 4.78 is 0.960. The average Bonchev–Trinajstić information content (AvgIpc) is 2.80. The van der Waals surface area contributed by atoms with Crippen LogP contribution >= 0.6 is 27.7 Å². The number of thioether (sulfide) groups is 1. The molecule has 2 rings (SSSR count). The molecule has 1 heterocycles. The smallest absolute Gasteiger partial charge is 0.326 e. The Hall–Kier alpha value is -1.05. The Balaban J connectivity index is 1.94. The highest BCUT2D eigenvalue weighted by Gasteiger charge is 2.38. The fourth-order valence-corrected chi connectivity index (χ4v) is 3.13. The maximum atomic E-state index is 12.1. The number of rotatable bonds is 4. The summed E-state index contributed by atoms with van der Waals surface area (Å²) in [4.78, 5) is 25.3. The molecule has 108 valence electrons. The first-order valence-corrected chi connectivity index (χ1v) is 7.84. The van der Waals surface area contributed by atoms with E-state index in [2.05, 4.69) is 15.9 Å².